The Morgan fingerprint density at radius 2 is 1.89 bits per heavy atom. The van der Waals surface area contributed by atoms with Crippen molar-refractivity contribution in [2.45, 2.75) is 0 Å². The fourth-order valence-electron chi connectivity index (χ4n) is 1.99. The molecule has 0 unspecified atom stereocenters. The molecule has 3 aromatic rings. The van der Waals surface area contributed by atoms with Gasteiger partial charge in [0.25, 0.3) is 0 Å². The smallest absolute Gasteiger partial charge is 0.246 e. The zero-order chi connectivity index (χ0) is 13.2. The van der Waals surface area contributed by atoms with Gasteiger partial charge in [-0.1, -0.05) is 30.3 Å². The van der Waals surface area contributed by atoms with Crippen LogP contribution in [0.4, 0.5) is 0 Å². The second-order valence-corrected chi connectivity index (χ2v) is 4.17. The summed E-state index contributed by atoms with van der Waals surface area (Å²) < 4.78 is 5.94. The maximum absolute atomic E-state index is 12.1. The molecule has 0 radical (unpaired) electrons. The van der Waals surface area contributed by atoms with Crippen LogP contribution in [0.2, 0.25) is 0 Å². The number of aromatic nitrogens is 2. The van der Waals surface area contributed by atoms with Crippen molar-refractivity contribution in [1.29, 1.82) is 0 Å². The summed E-state index contributed by atoms with van der Waals surface area (Å²) in [6, 6.07) is 14.9. The summed E-state index contributed by atoms with van der Waals surface area (Å²) in [6.45, 7) is 0. The standard InChI is InChI=1S/C15H12N2O2/c1-19-12-7-8-13-15(9-12)17(18)10-14(16-13)11-5-3-2-4-6-11/h2-10H,1H3. The highest BCUT2D eigenvalue weighted by atomic mass is 16.5. The van der Waals surface area contributed by atoms with Crippen LogP contribution in [0, 0.1) is 5.21 Å². The molecule has 0 N–H and O–H groups in total. The van der Waals surface area contributed by atoms with Crippen molar-refractivity contribution in [2.24, 2.45) is 0 Å². The average Bonchev–Trinajstić information content (AvgIpc) is 2.48. The third-order valence-electron chi connectivity index (χ3n) is 2.97. The summed E-state index contributed by atoms with van der Waals surface area (Å²) in [5, 5.41) is 12.1. The molecule has 1 heterocycles. The van der Waals surface area contributed by atoms with Crippen molar-refractivity contribution >= 4 is 11.0 Å². The van der Waals surface area contributed by atoms with Gasteiger partial charge in [0.2, 0.25) is 11.7 Å². The van der Waals surface area contributed by atoms with E-state index in [1.807, 2.05) is 30.3 Å². The van der Waals surface area contributed by atoms with Crippen LogP contribution in [0.5, 0.6) is 5.75 Å². The Kier molecular flexibility index (Phi) is 2.76. The summed E-state index contributed by atoms with van der Waals surface area (Å²) >= 11 is 0. The number of ether oxygens (including phenoxy) is 1. The summed E-state index contributed by atoms with van der Waals surface area (Å²) in [5.74, 6) is 0.645. The molecule has 0 atom stereocenters. The van der Waals surface area contributed by atoms with Crippen molar-refractivity contribution in [3.63, 3.8) is 0 Å². The molecular formula is C15H12N2O2. The van der Waals surface area contributed by atoms with E-state index in [4.69, 9.17) is 4.74 Å². The Morgan fingerprint density at radius 1 is 1.11 bits per heavy atom. The molecular weight excluding hydrogens is 240 g/mol. The predicted octanol–water partition coefficient (Wildman–Crippen LogP) is 2.54. The van der Waals surface area contributed by atoms with Gasteiger partial charge in [-0.05, 0) is 12.1 Å². The Labute approximate surface area is 110 Å². The first kappa shape index (κ1) is 11.5. The molecule has 0 aliphatic carbocycles. The molecule has 0 fully saturated rings. The van der Waals surface area contributed by atoms with Crippen LogP contribution in [-0.2, 0) is 0 Å². The number of rotatable bonds is 2. The highest BCUT2D eigenvalue weighted by Gasteiger charge is 2.11. The van der Waals surface area contributed by atoms with E-state index in [0.29, 0.717) is 22.5 Å². The molecule has 1 aromatic heterocycles. The maximum atomic E-state index is 12.1. The van der Waals surface area contributed by atoms with Crippen LogP contribution in [0.1, 0.15) is 0 Å². The molecule has 94 valence electrons. The van der Waals surface area contributed by atoms with Gasteiger partial charge in [-0.3, -0.25) is 0 Å². The Hall–Kier alpha value is -2.62. The zero-order valence-electron chi connectivity index (χ0n) is 10.4. The second kappa shape index (κ2) is 4.57. The lowest BCUT2D eigenvalue weighted by atomic mass is 10.1. The number of fused-ring (bicyclic) bond motifs is 1. The predicted molar refractivity (Wildman–Crippen MR) is 72.7 cm³/mol. The van der Waals surface area contributed by atoms with E-state index in [2.05, 4.69) is 4.98 Å². The Balaban J connectivity index is 2.20. The number of nitrogens with zero attached hydrogens (tertiary/aromatic N) is 2. The lowest BCUT2D eigenvalue weighted by Gasteiger charge is -2.06. The molecule has 0 saturated heterocycles. The van der Waals surface area contributed by atoms with Gasteiger partial charge in [0.15, 0.2) is 0 Å². The highest BCUT2D eigenvalue weighted by Crippen LogP contribution is 2.20. The van der Waals surface area contributed by atoms with Crippen molar-refractivity contribution in [1.82, 2.24) is 4.98 Å². The van der Waals surface area contributed by atoms with E-state index in [9.17, 15) is 5.21 Å². The first-order valence-electron chi connectivity index (χ1n) is 5.91. The first-order chi connectivity index (χ1) is 9.28. The molecule has 19 heavy (non-hydrogen) atoms. The molecule has 0 aliphatic rings. The van der Waals surface area contributed by atoms with E-state index in [0.717, 1.165) is 10.3 Å². The molecule has 3 rings (SSSR count). The fourth-order valence-corrected chi connectivity index (χ4v) is 1.99. The minimum absolute atomic E-state index is 0.499. The third-order valence-corrected chi connectivity index (χ3v) is 2.97. The van der Waals surface area contributed by atoms with E-state index in [1.165, 1.54) is 6.20 Å². The van der Waals surface area contributed by atoms with Gasteiger partial charge >= 0.3 is 0 Å². The van der Waals surface area contributed by atoms with Gasteiger partial charge < -0.3 is 9.94 Å². The zero-order valence-corrected chi connectivity index (χ0v) is 10.4. The van der Waals surface area contributed by atoms with Crippen LogP contribution >= 0.6 is 0 Å². The molecule has 0 spiro atoms. The number of hydrogen-bond donors (Lipinski definition) is 0. The van der Waals surface area contributed by atoms with E-state index in [-0.39, 0.29) is 0 Å². The third kappa shape index (κ3) is 2.08. The van der Waals surface area contributed by atoms with E-state index in [1.54, 1.807) is 25.3 Å². The molecule has 0 aliphatic heterocycles. The van der Waals surface area contributed by atoms with Gasteiger partial charge in [-0.25, -0.2) is 4.98 Å². The van der Waals surface area contributed by atoms with Crippen molar-refractivity contribution in [3.05, 3.63) is 59.9 Å². The lowest BCUT2D eigenvalue weighted by Crippen LogP contribution is -2.27. The van der Waals surface area contributed by atoms with Crippen molar-refractivity contribution in [2.75, 3.05) is 7.11 Å². The van der Waals surface area contributed by atoms with Gasteiger partial charge in [0.1, 0.15) is 17.0 Å². The van der Waals surface area contributed by atoms with Gasteiger partial charge in [0, 0.05) is 5.56 Å². The van der Waals surface area contributed by atoms with Crippen molar-refractivity contribution < 1.29 is 9.47 Å². The van der Waals surface area contributed by atoms with Crippen LogP contribution in [0.3, 0.4) is 0 Å². The summed E-state index contributed by atoms with van der Waals surface area (Å²) in [5.41, 5.74) is 2.73. The summed E-state index contributed by atoms with van der Waals surface area (Å²) in [4.78, 5) is 4.51. The van der Waals surface area contributed by atoms with Gasteiger partial charge in [-0.2, -0.15) is 4.73 Å². The Bertz CT molecular complexity index is 727. The minimum atomic E-state index is 0.499. The quantitative estimate of drug-likeness (QED) is 0.520. The second-order valence-electron chi connectivity index (χ2n) is 4.17. The monoisotopic (exact) mass is 252 g/mol. The molecule has 4 heteroatoms. The Morgan fingerprint density at radius 3 is 2.63 bits per heavy atom. The van der Waals surface area contributed by atoms with Gasteiger partial charge in [-0.15, -0.1) is 0 Å². The summed E-state index contributed by atoms with van der Waals surface area (Å²) in [7, 11) is 1.57. The molecule has 2 aromatic carbocycles. The maximum Gasteiger partial charge on any atom is 0.246 e. The van der Waals surface area contributed by atoms with Crippen LogP contribution < -0.4 is 9.47 Å². The first-order valence-corrected chi connectivity index (χ1v) is 5.91. The van der Waals surface area contributed by atoms with Crippen LogP contribution in [0.15, 0.2) is 54.7 Å². The number of hydrogen-bond acceptors (Lipinski definition) is 3. The molecule has 0 saturated carbocycles. The largest absolute Gasteiger partial charge is 0.618 e. The number of benzene rings is 2. The SMILES string of the molecule is COc1ccc2nc(-c3ccccc3)c[n+]([O-])c2c1. The minimum Gasteiger partial charge on any atom is -0.618 e. The fraction of sp³-hybridized carbons (Fsp3) is 0.0667. The van der Waals surface area contributed by atoms with Crippen LogP contribution in [0.25, 0.3) is 22.3 Å². The summed E-state index contributed by atoms with van der Waals surface area (Å²) in [6.07, 6.45) is 1.48. The van der Waals surface area contributed by atoms with E-state index < -0.39 is 0 Å². The highest BCUT2D eigenvalue weighted by molar-refractivity contribution is 5.75. The average molecular weight is 252 g/mol. The molecule has 0 amide bonds. The van der Waals surface area contributed by atoms with E-state index >= 15 is 0 Å². The normalized spacial score (nSPS) is 10.6. The molecule has 0 bridgehead atoms. The van der Waals surface area contributed by atoms with Crippen molar-refractivity contribution in [3.8, 4) is 17.0 Å². The lowest BCUT2D eigenvalue weighted by molar-refractivity contribution is -0.576. The number of methoxy groups -OCH3 is 1. The topological polar surface area (TPSA) is 49.1 Å². The van der Waals surface area contributed by atoms with Crippen LogP contribution in [-0.4, -0.2) is 12.1 Å². The molecule has 4 nitrogen and oxygen atoms in total. The van der Waals surface area contributed by atoms with Gasteiger partial charge in [0.05, 0.1) is 13.2 Å².